The fourth-order valence-corrected chi connectivity index (χ4v) is 5.07. The SMILES string of the molecule is N#Cc1ccc(CN2CCC3(CC2)CCN(C(=O)c2cc(C(F)(F)F)cc(C(F)(F)F)c2)CC3)cc1. The van der Waals surface area contributed by atoms with Crippen LogP contribution in [0.5, 0.6) is 0 Å². The van der Waals surface area contributed by atoms with Crippen LogP contribution in [0.2, 0.25) is 0 Å². The molecule has 1 amide bonds. The fourth-order valence-electron chi connectivity index (χ4n) is 5.07. The van der Waals surface area contributed by atoms with Crippen LogP contribution in [0.1, 0.15) is 58.3 Å². The second-order valence-corrected chi connectivity index (χ2v) is 9.67. The Morgan fingerprint density at radius 1 is 0.833 bits per heavy atom. The van der Waals surface area contributed by atoms with E-state index in [4.69, 9.17) is 5.26 Å². The Balaban J connectivity index is 1.37. The van der Waals surface area contributed by atoms with Gasteiger partial charge in [-0.1, -0.05) is 12.1 Å². The molecule has 192 valence electrons. The quantitative estimate of drug-likeness (QED) is 0.469. The summed E-state index contributed by atoms with van der Waals surface area (Å²) >= 11 is 0. The zero-order valence-corrected chi connectivity index (χ0v) is 19.4. The minimum atomic E-state index is -4.99. The average Bonchev–Trinajstić information content (AvgIpc) is 2.85. The smallest absolute Gasteiger partial charge is 0.339 e. The normalized spacial score (nSPS) is 18.8. The number of carbonyl (C=O) groups excluding carboxylic acids is 1. The van der Waals surface area contributed by atoms with Crippen LogP contribution in [0.4, 0.5) is 26.3 Å². The number of amides is 1. The number of hydrogen-bond acceptors (Lipinski definition) is 3. The Morgan fingerprint density at radius 2 is 1.33 bits per heavy atom. The van der Waals surface area contributed by atoms with Gasteiger partial charge in [0.1, 0.15) is 0 Å². The third-order valence-corrected chi connectivity index (χ3v) is 7.35. The molecule has 4 rings (SSSR count). The Labute approximate surface area is 205 Å². The first-order valence-electron chi connectivity index (χ1n) is 11.7. The van der Waals surface area contributed by atoms with Gasteiger partial charge in [0.2, 0.25) is 0 Å². The highest BCUT2D eigenvalue weighted by Crippen LogP contribution is 2.42. The van der Waals surface area contributed by atoms with E-state index in [9.17, 15) is 31.1 Å². The lowest BCUT2D eigenvalue weighted by Gasteiger charge is -2.47. The maximum absolute atomic E-state index is 13.2. The summed E-state index contributed by atoms with van der Waals surface area (Å²) < 4.78 is 79.0. The molecule has 1 spiro atoms. The summed E-state index contributed by atoms with van der Waals surface area (Å²) in [6.45, 7) is 3.08. The molecule has 2 aliphatic heterocycles. The highest BCUT2D eigenvalue weighted by Gasteiger charge is 2.40. The summed E-state index contributed by atoms with van der Waals surface area (Å²) in [6, 6.07) is 10.6. The second kappa shape index (κ2) is 9.77. The van der Waals surface area contributed by atoms with Crippen LogP contribution < -0.4 is 0 Å². The lowest BCUT2D eigenvalue weighted by atomic mass is 9.71. The molecular formula is C26H25F6N3O. The summed E-state index contributed by atoms with van der Waals surface area (Å²) in [5.74, 6) is -0.806. The number of halogens is 6. The van der Waals surface area contributed by atoms with Crippen LogP contribution in [0.15, 0.2) is 42.5 Å². The summed E-state index contributed by atoms with van der Waals surface area (Å²) in [5.41, 5.74) is -1.82. The molecule has 36 heavy (non-hydrogen) atoms. The monoisotopic (exact) mass is 509 g/mol. The standard InChI is InChI=1S/C26H25F6N3O/c27-25(28,29)21-13-20(14-22(15-21)26(30,31)32)23(36)35-11-7-24(8-12-35)5-9-34(10-6-24)17-19-3-1-18(16-33)2-4-19/h1-4,13-15H,5-12,17H2. The van der Waals surface area contributed by atoms with Crippen molar-refractivity contribution in [1.82, 2.24) is 9.80 Å². The van der Waals surface area contributed by atoms with Crippen molar-refractivity contribution in [1.29, 1.82) is 5.26 Å². The Morgan fingerprint density at radius 3 is 1.81 bits per heavy atom. The molecule has 0 radical (unpaired) electrons. The Bertz CT molecular complexity index is 1100. The van der Waals surface area contributed by atoms with Gasteiger partial charge in [0, 0.05) is 25.2 Å². The highest BCUT2D eigenvalue weighted by molar-refractivity contribution is 5.94. The number of likely N-dealkylation sites (tertiary alicyclic amines) is 2. The van der Waals surface area contributed by atoms with Gasteiger partial charge >= 0.3 is 12.4 Å². The first-order chi connectivity index (χ1) is 16.9. The van der Waals surface area contributed by atoms with Crippen molar-refractivity contribution in [3.8, 4) is 6.07 Å². The van der Waals surface area contributed by atoms with E-state index < -0.39 is 35.0 Å². The Hall–Kier alpha value is -3.06. The number of nitriles is 1. The number of rotatable bonds is 3. The van der Waals surface area contributed by atoms with Gasteiger partial charge in [-0.05, 0) is 80.1 Å². The van der Waals surface area contributed by atoms with Gasteiger partial charge in [0.15, 0.2) is 0 Å². The largest absolute Gasteiger partial charge is 0.416 e. The van der Waals surface area contributed by atoms with Crippen molar-refractivity contribution in [2.75, 3.05) is 26.2 Å². The summed E-state index contributed by atoms with van der Waals surface area (Å²) in [6.07, 6.45) is -6.84. The molecule has 0 aromatic heterocycles. The van der Waals surface area contributed by atoms with Crippen LogP contribution in [-0.4, -0.2) is 41.9 Å². The van der Waals surface area contributed by atoms with E-state index >= 15 is 0 Å². The molecule has 4 nitrogen and oxygen atoms in total. The fraction of sp³-hybridized carbons (Fsp3) is 0.462. The molecule has 2 saturated heterocycles. The summed E-state index contributed by atoms with van der Waals surface area (Å²) in [5, 5.41) is 8.92. The predicted molar refractivity (Wildman–Crippen MR) is 120 cm³/mol. The zero-order valence-electron chi connectivity index (χ0n) is 19.4. The molecule has 2 fully saturated rings. The third kappa shape index (κ3) is 5.84. The molecule has 2 aromatic rings. The van der Waals surface area contributed by atoms with Crippen LogP contribution in [0.3, 0.4) is 0 Å². The lowest BCUT2D eigenvalue weighted by Crippen LogP contribution is -2.48. The molecule has 2 heterocycles. The predicted octanol–water partition coefficient (Wildman–Crippen LogP) is 6.11. The van der Waals surface area contributed by atoms with Crippen molar-refractivity contribution in [3.05, 3.63) is 70.3 Å². The molecule has 2 aliphatic rings. The topological polar surface area (TPSA) is 47.3 Å². The second-order valence-electron chi connectivity index (χ2n) is 9.67. The van der Waals surface area contributed by atoms with Crippen LogP contribution in [0.25, 0.3) is 0 Å². The zero-order chi connectivity index (χ0) is 26.1. The van der Waals surface area contributed by atoms with Gasteiger partial charge in [-0.3, -0.25) is 9.69 Å². The average molecular weight is 509 g/mol. The number of nitrogens with zero attached hydrogens (tertiary/aromatic N) is 3. The van der Waals surface area contributed by atoms with Crippen molar-refractivity contribution in [2.24, 2.45) is 5.41 Å². The molecule has 0 atom stereocenters. The number of benzene rings is 2. The molecule has 0 bridgehead atoms. The molecule has 0 aliphatic carbocycles. The molecule has 0 N–H and O–H groups in total. The van der Waals surface area contributed by atoms with Gasteiger partial charge < -0.3 is 4.90 Å². The van der Waals surface area contributed by atoms with E-state index in [-0.39, 0.29) is 11.5 Å². The van der Waals surface area contributed by atoms with Gasteiger partial charge in [-0.15, -0.1) is 0 Å². The van der Waals surface area contributed by atoms with E-state index in [1.54, 1.807) is 12.1 Å². The van der Waals surface area contributed by atoms with E-state index in [1.807, 2.05) is 12.1 Å². The van der Waals surface area contributed by atoms with Crippen molar-refractivity contribution in [3.63, 3.8) is 0 Å². The van der Waals surface area contributed by atoms with Gasteiger partial charge in [0.25, 0.3) is 5.91 Å². The summed E-state index contributed by atoms with van der Waals surface area (Å²) in [4.78, 5) is 16.6. The molecule has 0 unspecified atom stereocenters. The third-order valence-electron chi connectivity index (χ3n) is 7.35. The van der Waals surface area contributed by atoms with Crippen molar-refractivity contribution < 1.29 is 31.1 Å². The van der Waals surface area contributed by atoms with Gasteiger partial charge in [-0.2, -0.15) is 31.6 Å². The van der Waals surface area contributed by atoms with Gasteiger partial charge in [-0.25, -0.2) is 0 Å². The maximum Gasteiger partial charge on any atom is 0.416 e. The van der Waals surface area contributed by atoms with Crippen molar-refractivity contribution >= 4 is 5.91 Å². The van der Waals surface area contributed by atoms with Crippen LogP contribution in [-0.2, 0) is 18.9 Å². The highest BCUT2D eigenvalue weighted by atomic mass is 19.4. The molecule has 2 aromatic carbocycles. The Kier molecular flexibility index (Phi) is 7.06. The maximum atomic E-state index is 13.2. The van der Waals surface area contributed by atoms with E-state index in [0.717, 1.165) is 38.0 Å². The lowest BCUT2D eigenvalue weighted by molar-refractivity contribution is -0.143. The van der Waals surface area contributed by atoms with Crippen molar-refractivity contribution in [2.45, 2.75) is 44.6 Å². The molecule has 0 saturated carbocycles. The number of piperidine rings is 2. The number of hydrogen-bond donors (Lipinski definition) is 0. The van der Waals surface area contributed by atoms with E-state index in [1.165, 1.54) is 4.90 Å². The minimum absolute atomic E-state index is 0.0168. The molecule has 10 heteroatoms. The first kappa shape index (κ1) is 26.0. The number of carbonyl (C=O) groups is 1. The van der Waals surface area contributed by atoms with Crippen LogP contribution >= 0.6 is 0 Å². The van der Waals surface area contributed by atoms with Crippen LogP contribution in [0, 0.1) is 16.7 Å². The van der Waals surface area contributed by atoms with E-state index in [2.05, 4.69) is 11.0 Å². The van der Waals surface area contributed by atoms with E-state index in [0.29, 0.717) is 43.6 Å². The minimum Gasteiger partial charge on any atom is -0.339 e. The first-order valence-corrected chi connectivity index (χ1v) is 11.7. The molecular weight excluding hydrogens is 484 g/mol. The summed E-state index contributed by atoms with van der Waals surface area (Å²) in [7, 11) is 0. The number of alkyl halides is 6. The van der Waals surface area contributed by atoms with Gasteiger partial charge in [0.05, 0.1) is 22.8 Å².